The fraction of sp³-hybridized carbons (Fsp3) is 0.227. The van der Waals surface area contributed by atoms with Gasteiger partial charge in [-0.1, -0.05) is 18.2 Å². The zero-order valence-corrected chi connectivity index (χ0v) is 17.4. The van der Waals surface area contributed by atoms with Crippen LogP contribution in [0, 0.1) is 19.7 Å². The molecule has 0 atom stereocenters. The van der Waals surface area contributed by atoms with E-state index in [9.17, 15) is 12.8 Å². The van der Waals surface area contributed by atoms with Crippen LogP contribution in [0.15, 0.2) is 54.6 Å². The van der Waals surface area contributed by atoms with Crippen molar-refractivity contribution in [3.63, 3.8) is 0 Å². The lowest BCUT2D eigenvalue weighted by Gasteiger charge is -2.15. The molecular formula is C22H23FN2O3S. The van der Waals surface area contributed by atoms with Crippen LogP contribution in [0.2, 0.25) is 0 Å². The van der Waals surface area contributed by atoms with E-state index in [1.54, 1.807) is 13.2 Å². The number of benzene rings is 2. The van der Waals surface area contributed by atoms with E-state index in [4.69, 9.17) is 4.74 Å². The van der Waals surface area contributed by atoms with Crippen LogP contribution in [-0.4, -0.2) is 20.5 Å². The average Bonchev–Trinajstić information content (AvgIpc) is 2.68. The first-order chi connectivity index (χ1) is 13.8. The van der Waals surface area contributed by atoms with Gasteiger partial charge in [-0.2, -0.15) is 0 Å². The van der Waals surface area contributed by atoms with Crippen LogP contribution in [0.4, 0.5) is 4.39 Å². The van der Waals surface area contributed by atoms with Crippen molar-refractivity contribution in [2.45, 2.75) is 26.1 Å². The summed E-state index contributed by atoms with van der Waals surface area (Å²) in [6, 6.07) is 15.2. The van der Waals surface area contributed by atoms with Crippen LogP contribution in [0.1, 0.15) is 22.4 Å². The summed E-state index contributed by atoms with van der Waals surface area (Å²) in [5.41, 5.74) is 4.25. The molecule has 0 aliphatic carbocycles. The molecule has 152 valence electrons. The Morgan fingerprint density at radius 1 is 1.07 bits per heavy atom. The molecule has 0 radical (unpaired) electrons. The molecule has 0 aliphatic heterocycles. The number of aryl methyl sites for hydroxylation is 2. The first-order valence-corrected chi connectivity index (χ1v) is 10.8. The molecule has 2 aromatic carbocycles. The smallest absolute Gasteiger partial charge is 0.216 e. The fourth-order valence-electron chi connectivity index (χ4n) is 3.13. The highest BCUT2D eigenvalue weighted by Crippen LogP contribution is 2.27. The van der Waals surface area contributed by atoms with Crippen molar-refractivity contribution in [2.24, 2.45) is 0 Å². The fourth-order valence-corrected chi connectivity index (χ4v) is 4.24. The summed E-state index contributed by atoms with van der Waals surface area (Å²) >= 11 is 0. The molecule has 0 spiro atoms. The van der Waals surface area contributed by atoms with Crippen LogP contribution in [0.3, 0.4) is 0 Å². The van der Waals surface area contributed by atoms with Crippen molar-refractivity contribution in [2.75, 3.05) is 7.11 Å². The summed E-state index contributed by atoms with van der Waals surface area (Å²) in [6.07, 6.45) is 0. The SMILES string of the molecule is COc1ccc(-c2nc(C)cc(C)c2CNS(=O)(=O)Cc2ccccc2F)cc1. The van der Waals surface area contributed by atoms with Gasteiger partial charge in [0.15, 0.2) is 0 Å². The number of aromatic nitrogens is 1. The molecule has 1 aromatic heterocycles. The van der Waals surface area contributed by atoms with Crippen molar-refractivity contribution in [3.8, 4) is 17.0 Å². The van der Waals surface area contributed by atoms with Crippen molar-refractivity contribution in [1.82, 2.24) is 9.71 Å². The number of rotatable bonds is 7. The molecule has 5 nitrogen and oxygen atoms in total. The van der Waals surface area contributed by atoms with Gasteiger partial charge in [0.25, 0.3) is 0 Å². The second kappa shape index (κ2) is 8.71. The number of sulfonamides is 1. The molecule has 3 rings (SSSR count). The Balaban J connectivity index is 1.87. The highest BCUT2D eigenvalue weighted by molar-refractivity contribution is 7.88. The van der Waals surface area contributed by atoms with Gasteiger partial charge in [0.1, 0.15) is 11.6 Å². The van der Waals surface area contributed by atoms with Crippen LogP contribution in [0.25, 0.3) is 11.3 Å². The van der Waals surface area contributed by atoms with Gasteiger partial charge in [0.2, 0.25) is 10.0 Å². The number of pyridine rings is 1. The molecule has 0 saturated carbocycles. The average molecular weight is 415 g/mol. The van der Waals surface area contributed by atoms with E-state index in [2.05, 4.69) is 9.71 Å². The minimum atomic E-state index is -3.73. The number of nitrogens with zero attached hydrogens (tertiary/aromatic N) is 1. The van der Waals surface area contributed by atoms with E-state index in [0.717, 1.165) is 28.1 Å². The number of hydrogen-bond donors (Lipinski definition) is 1. The highest BCUT2D eigenvalue weighted by atomic mass is 32.2. The Bertz CT molecular complexity index is 1110. The Kier molecular flexibility index (Phi) is 6.30. The minimum Gasteiger partial charge on any atom is -0.497 e. The summed E-state index contributed by atoms with van der Waals surface area (Å²) in [4.78, 5) is 4.62. The molecule has 29 heavy (non-hydrogen) atoms. The lowest BCUT2D eigenvalue weighted by Crippen LogP contribution is -2.26. The third-order valence-electron chi connectivity index (χ3n) is 4.61. The van der Waals surface area contributed by atoms with Crippen LogP contribution < -0.4 is 9.46 Å². The first-order valence-electron chi connectivity index (χ1n) is 9.11. The number of methoxy groups -OCH3 is 1. The lowest BCUT2D eigenvalue weighted by atomic mass is 10.0. The highest BCUT2D eigenvalue weighted by Gasteiger charge is 2.17. The Labute approximate surface area is 170 Å². The summed E-state index contributed by atoms with van der Waals surface area (Å²) < 4.78 is 46.7. The number of ether oxygens (including phenoxy) is 1. The third kappa shape index (κ3) is 5.19. The first kappa shape index (κ1) is 21.0. The van der Waals surface area contributed by atoms with E-state index in [-0.39, 0.29) is 12.1 Å². The number of hydrogen-bond acceptors (Lipinski definition) is 4. The van der Waals surface area contributed by atoms with Gasteiger partial charge >= 0.3 is 0 Å². The Morgan fingerprint density at radius 3 is 2.41 bits per heavy atom. The third-order valence-corrected chi connectivity index (χ3v) is 5.89. The number of halogens is 1. The van der Waals surface area contributed by atoms with E-state index >= 15 is 0 Å². The second-order valence-electron chi connectivity index (χ2n) is 6.81. The predicted molar refractivity (Wildman–Crippen MR) is 112 cm³/mol. The van der Waals surface area contributed by atoms with Crippen molar-refractivity contribution < 1.29 is 17.5 Å². The van der Waals surface area contributed by atoms with E-state index in [1.807, 2.05) is 44.2 Å². The Hall–Kier alpha value is -2.77. The summed E-state index contributed by atoms with van der Waals surface area (Å²) in [6.45, 7) is 3.88. The molecule has 0 bridgehead atoms. The molecule has 1 heterocycles. The van der Waals surface area contributed by atoms with E-state index in [1.165, 1.54) is 18.2 Å². The molecule has 0 amide bonds. The van der Waals surface area contributed by atoms with Gasteiger partial charge in [-0.3, -0.25) is 4.98 Å². The zero-order valence-electron chi connectivity index (χ0n) is 16.6. The summed E-state index contributed by atoms with van der Waals surface area (Å²) in [5.74, 6) is -0.231. The van der Waals surface area contributed by atoms with Crippen LogP contribution >= 0.6 is 0 Å². The summed E-state index contributed by atoms with van der Waals surface area (Å²) in [7, 11) is -2.13. The van der Waals surface area contributed by atoms with Gasteiger partial charge in [-0.15, -0.1) is 0 Å². The van der Waals surface area contributed by atoms with Gasteiger partial charge in [-0.05, 0) is 61.4 Å². The van der Waals surface area contributed by atoms with Gasteiger partial charge in [0, 0.05) is 23.4 Å². The maximum absolute atomic E-state index is 13.8. The minimum absolute atomic E-state index is 0.0667. The topological polar surface area (TPSA) is 68.3 Å². The molecule has 7 heteroatoms. The molecule has 0 fully saturated rings. The van der Waals surface area contributed by atoms with Gasteiger partial charge < -0.3 is 4.74 Å². The molecule has 1 N–H and O–H groups in total. The predicted octanol–water partition coefficient (Wildman–Crippen LogP) is 4.13. The van der Waals surface area contributed by atoms with E-state index in [0.29, 0.717) is 5.69 Å². The molecule has 3 aromatic rings. The largest absolute Gasteiger partial charge is 0.497 e. The summed E-state index contributed by atoms with van der Waals surface area (Å²) in [5, 5.41) is 0. The second-order valence-corrected chi connectivity index (χ2v) is 8.61. The molecule has 0 aliphatic rings. The monoisotopic (exact) mass is 414 g/mol. The standard InChI is InChI=1S/C22H23FN2O3S/c1-15-12-16(2)25-22(17-8-10-19(28-3)11-9-17)20(15)13-24-29(26,27)14-18-6-4-5-7-21(18)23/h4-12,24H,13-14H2,1-3H3. The van der Waals surface area contributed by atoms with Gasteiger partial charge in [0.05, 0.1) is 18.6 Å². The maximum Gasteiger partial charge on any atom is 0.216 e. The van der Waals surface area contributed by atoms with Crippen molar-refractivity contribution >= 4 is 10.0 Å². The van der Waals surface area contributed by atoms with Crippen LogP contribution in [0.5, 0.6) is 5.75 Å². The van der Waals surface area contributed by atoms with Gasteiger partial charge in [-0.25, -0.2) is 17.5 Å². The number of nitrogens with one attached hydrogen (secondary N) is 1. The van der Waals surface area contributed by atoms with E-state index < -0.39 is 21.6 Å². The van der Waals surface area contributed by atoms with Crippen LogP contribution in [-0.2, 0) is 22.3 Å². The molecular weight excluding hydrogens is 391 g/mol. The Morgan fingerprint density at radius 2 is 1.76 bits per heavy atom. The normalized spacial score (nSPS) is 11.4. The molecule has 0 saturated heterocycles. The lowest BCUT2D eigenvalue weighted by molar-refractivity contribution is 0.415. The maximum atomic E-state index is 13.8. The zero-order chi connectivity index (χ0) is 21.0. The molecule has 0 unspecified atom stereocenters. The quantitative estimate of drug-likeness (QED) is 0.631. The van der Waals surface area contributed by atoms with Crippen molar-refractivity contribution in [3.05, 3.63) is 82.8 Å². The van der Waals surface area contributed by atoms with Crippen molar-refractivity contribution in [1.29, 1.82) is 0 Å².